The Morgan fingerprint density at radius 2 is 2.15 bits per heavy atom. The van der Waals surface area contributed by atoms with Crippen LogP contribution in [0.2, 0.25) is 0 Å². The summed E-state index contributed by atoms with van der Waals surface area (Å²) in [6.07, 6.45) is 0.696. The van der Waals surface area contributed by atoms with Crippen molar-refractivity contribution in [2.24, 2.45) is 4.99 Å². The molecule has 1 N–H and O–H groups in total. The van der Waals surface area contributed by atoms with E-state index in [0.717, 1.165) is 18.2 Å². The lowest BCUT2D eigenvalue weighted by Crippen LogP contribution is -2.57. The second-order valence-corrected chi connectivity index (χ2v) is 9.40. The molecule has 0 aliphatic carbocycles. The predicted octanol–water partition coefficient (Wildman–Crippen LogP) is 1.73. The molecule has 0 spiro atoms. The van der Waals surface area contributed by atoms with Crippen LogP contribution in [-0.4, -0.2) is 68.0 Å². The van der Waals surface area contributed by atoms with Crippen LogP contribution >= 0.6 is 24.0 Å². The molecule has 0 saturated carbocycles. The molecule has 7 nitrogen and oxygen atoms in total. The lowest BCUT2D eigenvalue weighted by molar-refractivity contribution is 0.353. The molecule has 2 heterocycles. The number of rotatable bonds is 5. The second-order valence-electron chi connectivity index (χ2n) is 6.66. The van der Waals surface area contributed by atoms with Gasteiger partial charge in [-0.2, -0.15) is 0 Å². The quantitative estimate of drug-likeness (QED) is 0.380. The predicted molar refractivity (Wildman–Crippen MR) is 115 cm³/mol. The number of pyridine rings is 1. The van der Waals surface area contributed by atoms with Gasteiger partial charge in [-0.3, -0.25) is 4.99 Å². The minimum atomic E-state index is -3.06. The monoisotopic (exact) mass is 496 g/mol. The summed E-state index contributed by atoms with van der Waals surface area (Å²) >= 11 is 0. The van der Waals surface area contributed by atoms with Gasteiger partial charge in [0.05, 0.1) is 17.6 Å². The van der Waals surface area contributed by atoms with Crippen molar-refractivity contribution in [3.8, 4) is 5.88 Å². The van der Waals surface area contributed by atoms with Crippen LogP contribution < -0.4 is 10.1 Å². The maximum Gasteiger partial charge on any atom is 0.213 e. The number of ether oxygens (including phenoxy) is 1. The van der Waals surface area contributed by atoms with Crippen molar-refractivity contribution < 1.29 is 13.2 Å². The molecule has 0 bridgehead atoms. The third-order valence-corrected chi connectivity index (χ3v) is 6.83. The first-order chi connectivity index (χ1) is 11.8. The Hall–Kier alpha value is -1.10. The molecule has 0 amide bonds. The first kappa shape index (κ1) is 22.9. The Labute approximate surface area is 173 Å². The molecule has 0 radical (unpaired) electrons. The topological polar surface area (TPSA) is 83.9 Å². The van der Waals surface area contributed by atoms with Crippen molar-refractivity contribution in [2.75, 3.05) is 39.0 Å². The van der Waals surface area contributed by atoms with E-state index in [9.17, 15) is 8.42 Å². The van der Waals surface area contributed by atoms with Gasteiger partial charge in [0.1, 0.15) is 0 Å². The van der Waals surface area contributed by atoms with Gasteiger partial charge in [0.15, 0.2) is 15.8 Å². The molecule has 1 aromatic heterocycles. The number of nitrogens with one attached hydrogen (secondary N) is 1. The highest BCUT2D eigenvalue weighted by atomic mass is 127. The summed E-state index contributed by atoms with van der Waals surface area (Å²) < 4.78 is 28.7. The Morgan fingerprint density at radius 3 is 2.77 bits per heavy atom. The van der Waals surface area contributed by atoms with Crippen molar-refractivity contribution in [1.29, 1.82) is 0 Å². The Kier molecular flexibility index (Phi) is 8.58. The summed E-state index contributed by atoms with van der Waals surface area (Å²) in [5.74, 6) is 1.51. The molecule has 1 fully saturated rings. The fraction of sp³-hybridized carbons (Fsp3) is 0.647. The summed E-state index contributed by atoms with van der Waals surface area (Å²) in [6, 6.07) is 5.67. The van der Waals surface area contributed by atoms with Crippen molar-refractivity contribution in [1.82, 2.24) is 15.2 Å². The summed E-state index contributed by atoms with van der Waals surface area (Å²) in [7, 11) is -1.46. The molecule has 0 aromatic carbocycles. The van der Waals surface area contributed by atoms with Crippen molar-refractivity contribution >= 4 is 39.8 Å². The molecule has 26 heavy (non-hydrogen) atoms. The van der Waals surface area contributed by atoms with Gasteiger partial charge in [-0.05, 0) is 26.8 Å². The molecular formula is C17H29IN4O3S. The SMILES string of the molecule is CCNC(=NCCc1cccc(OC)n1)N1CCS(=O)(=O)C(C)(C)C1.I. The zero-order valence-electron chi connectivity index (χ0n) is 15.9. The third kappa shape index (κ3) is 5.70. The van der Waals surface area contributed by atoms with E-state index in [0.29, 0.717) is 31.9 Å². The maximum atomic E-state index is 12.2. The molecule has 2 rings (SSSR count). The van der Waals surface area contributed by atoms with Crippen molar-refractivity contribution in [2.45, 2.75) is 31.9 Å². The van der Waals surface area contributed by atoms with E-state index in [4.69, 9.17) is 4.74 Å². The Bertz CT molecular complexity index is 722. The fourth-order valence-corrected chi connectivity index (χ4v) is 4.10. The van der Waals surface area contributed by atoms with Gasteiger partial charge in [-0.25, -0.2) is 13.4 Å². The number of sulfone groups is 1. The van der Waals surface area contributed by atoms with Crippen LogP contribution in [0.3, 0.4) is 0 Å². The second kappa shape index (κ2) is 9.72. The van der Waals surface area contributed by atoms with E-state index < -0.39 is 14.6 Å². The number of aromatic nitrogens is 1. The molecule has 0 unspecified atom stereocenters. The number of aliphatic imine (C=N–C) groups is 1. The molecule has 1 saturated heterocycles. The smallest absolute Gasteiger partial charge is 0.213 e. The average molecular weight is 496 g/mol. The standard InChI is InChI=1S/C17H28N4O3S.HI/c1-5-18-16(21-11-12-25(22,23)17(2,3)13-21)19-10-9-14-7-6-8-15(20-14)24-4;/h6-8H,5,9-13H2,1-4H3,(H,18,19);1H. The fourth-order valence-electron chi connectivity index (χ4n) is 2.74. The van der Waals surface area contributed by atoms with E-state index in [1.165, 1.54) is 0 Å². The van der Waals surface area contributed by atoms with Crippen LogP contribution in [0.4, 0.5) is 0 Å². The van der Waals surface area contributed by atoms with E-state index >= 15 is 0 Å². The normalized spacial score (nSPS) is 18.8. The number of nitrogens with zero attached hydrogens (tertiary/aromatic N) is 3. The largest absolute Gasteiger partial charge is 0.481 e. The van der Waals surface area contributed by atoms with Crippen LogP contribution in [0.1, 0.15) is 26.5 Å². The van der Waals surface area contributed by atoms with Crippen LogP contribution in [0.5, 0.6) is 5.88 Å². The minimum absolute atomic E-state index is 0. The first-order valence-electron chi connectivity index (χ1n) is 8.54. The summed E-state index contributed by atoms with van der Waals surface area (Å²) in [5.41, 5.74) is 0.917. The molecule has 0 atom stereocenters. The Balaban J connectivity index is 0.00000338. The first-order valence-corrected chi connectivity index (χ1v) is 10.2. The molecule has 148 valence electrons. The molecular weight excluding hydrogens is 467 g/mol. The maximum absolute atomic E-state index is 12.2. The molecule has 1 aromatic rings. The van der Waals surface area contributed by atoms with Crippen molar-refractivity contribution in [3.05, 3.63) is 23.9 Å². The zero-order valence-corrected chi connectivity index (χ0v) is 19.0. The van der Waals surface area contributed by atoms with E-state index in [-0.39, 0.29) is 29.7 Å². The number of hydrogen-bond acceptors (Lipinski definition) is 5. The number of hydrogen-bond donors (Lipinski definition) is 1. The van der Waals surface area contributed by atoms with Gasteiger partial charge in [-0.1, -0.05) is 6.07 Å². The Morgan fingerprint density at radius 1 is 1.42 bits per heavy atom. The minimum Gasteiger partial charge on any atom is -0.481 e. The summed E-state index contributed by atoms with van der Waals surface area (Å²) in [5, 5.41) is 3.26. The lowest BCUT2D eigenvalue weighted by atomic mass is 10.2. The van der Waals surface area contributed by atoms with Crippen LogP contribution in [0.15, 0.2) is 23.2 Å². The van der Waals surface area contributed by atoms with Crippen molar-refractivity contribution in [3.63, 3.8) is 0 Å². The molecule has 1 aliphatic rings. The van der Waals surface area contributed by atoms with Gasteiger partial charge in [0.25, 0.3) is 0 Å². The highest BCUT2D eigenvalue weighted by molar-refractivity contribution is 14.0. The zero-order chi connectivity index (χ0) is 18.5. The van der Waals surface area contributed by atoms with E-state index in [1.807, 2.05) is 30.0 Å². The molecule has 9 heteroatoms. The molecule has 1 aliphatic heterocycles. The highest BCUT2D eigenvalue weighted by Crippen LogP contribution is 2.23. The van der Waals surface area contributed by atoms with Gasteiger partial charge < -0.3 is 15.0 Å². The number of guanidine groups is 1. The summed E-state index contributed by atoms with van der Waals surface area (Å²) in [4.78, 5) is 11.1. The van der Waals surface area contributed by atoms with Gasteiger partial charge in [-0.15, -0.1) is 24.0 Å². The van der Waals surface area contributed by atoms with Gasteiger partial charge in [0.2, 0.25) is 5.88 Å². The summed E-state index contributed by atoms with van der Waals surface area (Å²) in [6.45, 7) is 7.78. The third-order valence-electron chi connectivity index (χ3n) is 4.30. The number of methoxy groups -OCH3 is 1. The lowest BCUT2D eigenvalue weighted by Gasteiger charge is -2.39. The van der Waals surface area contributed by atoms with Gasteiger partial charge in [0, 0.05) is 44.4 Å². The highest BCUT2D eigenvalue weighted by Gasteiger charge is 2.40. The van der Waals surface area contributed by atoms with E-state index in [2.05, 4.69) is 15.3 Å². The van der Waals surface area contributed by atoms with Crippen LogP contribution in [0, 0.1) is 0 Å². The average Bonchev–Trinajstić information content (AvgIpc) is 2.57. The van der Waals surface area contributed by atoms with Crippen LogP contribution in [-0.2, 0) is 16.3 Å². The van der Waals surface area contributed by atoms with Crippen LogP contribution in [0.25, 0.3) is 0 Å². The van der Waals surface area contributed by atoms with Gasteiger partial charge >= 0.3 is 0 Å². The number of halogens is 1. The van der Waals surface area contributed by atoms with E-state index in [1.54, 1.807) is 21.0 Å².